The van der Waals surface area contributed by atoms with E-state index in [4.69, 9.17) is 14.0 Å². The lowest BCUT2D eigenvalue weighted by Crippen LogP contribution is -2.31. The van der Waals surface area contributed by atoms with Crippen molar-refractivity contribution in [2.45, 2.75) is 6.23 Å². The number of rotatable bonds is 1. The number of ether oxygens (including phenoxy) is 1. The number of hydrogen-bond acceptors (Lipinski definition) is 4. The Bertz CT molecular complexity index is 390. The second-order valence-corrected chi connectivity index (χ2v) is 3.62. The zero-order valence-corrected chi connectivity index (χ0v) is 9.75. The van der Waals surface area contributed by atoms with Gasteiger partial charge < -0.3 is 14.0 Å². The highest BCUT2D eigenvalue weighted by molar-refractivity contribution is 6.64. The van der Waals surface area contributed by atoms with Crippen LogP contribution < -0.4 is 15.5 Å². The molecule has 1 aromatic carbocycles. The molecule has 0 radical (unpaired) electrons. The minimum atomic E-state index is -0.281. The van der Waals surface area contributed by atoms with E-state index in [1.54, 1.807) is 0 Å². The van der Waals surface area contributed by atoms with Crippen LogP contribution in [0.2, 0.25) is 0 Å². The second kappa shape index (κ2) is 4.63. The molecule has 16 heavy (non-hydrogen) atoms. The quantitative estimate of drug-likeness (QED) is 0.725. The third kappa shape index (κ3) is 1.70. The number of nitrogens with one attached hydrogen (secondary N) is 1. The van der Waals surface area contributed by atoms with Crippen molar-refractivity contribution in [3.8, 4) is 5.75 Å². The molecule has 0 aliphatic carbocycles. The van der Waals surface area contributed by atoms with Gasteiger partial charge in [0.05, 0.1) is 6.61 Å². The number of halogens is 1. The fourth-order valence-corrected chi connectivity index (χ4v) is 2.09. The first-order chi connectivity index (χ1) is 7.40. The summed E-state index contributed by atoms with van der Waals surface area (Å²) in [6, 6.07) is 5.98. The molecule has 0 fully saturated rings. The lowest BCUT2D eigenvalue weighted by atomic mass is 9.78. The maximum Gasteiger partial charge on any atom is 0.499 e. The minimum Gasteiger partial charge on any atom is -0.492 e. The maximum absolute atomic E-state index is 5.73. The van der Waals surface area contributed by atoms with Crippen molar-refractivity contribution in [3.63, 3.8) is 0 Å². The van der Waals surface area contributed by atoms with Crippen molar-refractivity contribution in [2.75, 3.05) is 20.3 Å². The molecule has 6 heteroatoms. The number of hydrogen-bond donors (Lipinski definition) is 1. The molecule has 86 valence electrons. The van der Waals surface area contributed by atoms with Crippen LogP contribution in [0.15, 0.2) is 18.2 Å². The third-order valence-corrected chi connectivity index (χ3v) is 2.75. The summed E-state index contributed by atoms with van der Waals surface area (Å²) in [4.78, 5) is 0. The molecule has 0 spiro atoms. The van der Waals surface area contributed by atoms with Crippen LogP contribution in [-0.4, -0.2) is 27.4 Å². The average molecular weight is 241 g/mol. The topological polar surface area (TPSA) is 39.7 Å². The molecule has 1 atom stereocenters. The Balaban J connectivity index is 0.000000963. The monoisotopic (exact) mass is 241 g/mol. The van der Waals surface area contributed by atoms with Crippen molar-refractivity contribution in [1.29, 1.82) is 0 Å². The highest BCUT2D eigenvalue weighted by atomic mass is 35.5. The van der Waals surface area contributed by atoms with Crippen molar-refractivity contribution in [3.05, 3.63) is 23.8 Å². The van der Waals surface area contributed by atoms with E-state index >= 15 is 0 Å². The summed E-state index contributed by atoms with van der Waals surface area (Å²) >= 11 is 0. The molecule has 1 aromatic rings. The van der Waals surface area contributed by atoms with Gasteiger partial charge in [0.25, 0.3) is 0 Å². The Labute approximate surface area is 101 Å². The van der Waals surface area contributed by atoms with Gasteiger partial charge in [0.2, 0.25) is 0 Å². The van der Waals surface area contributed by atoms with Gasteiger partial charge in [-0.1, -0.05) is 12.1 Å². The zero-order valence-electron chi connectivity index (χ0n) is 8.93. The van der Waals surface area contributed by atoms with E-state index in [-0.39, 0.29) is 25.8 Å². The molecule has 2 aliphatic heterocycles. The molecular weight excluding hydrogens is 228 g/mol. The normalized spacial score (nSPS) is 21.8. The van der Waals surface area contributed by atoms with Crippen LogP contribution in [0, 0.1) is 0 Å². The van der Waals surface area contributed by atoms with Gasteiger partial charge in [-0.2, -0.15) is 0 Å². The summed E-state index contributed by atoms with van der Waals surface area (Å²) < 4.78 is 16.9. The third-order valence-electron chi connectivity index (χ3n) is 2.75. The predicted octanol–water partition coefficient (Wildman–Crippen LogP) is 0.461. The Kier molecular flexibility index (Phi) is 3.40. The molecule has 0 saturated carbocycles. The van der Waals surface area contributed by atoms with Gasteiger partial charge in [-0.05, 0) is 18.7 Å². The van der Waals surface area contributed by atoms with E-state index in [2.05, 4.69) is 5.32 Å². The lowest BCUT2D eigenvalue weighted by Gasteiger charge is -2.12. The second-order valence-electron chi connectivity index (χ2n) is 3.62. The zero-order chi connectivity index (χ0) is 10.3. The molecule has 0 amide bonds. The molecule has 4 nitrogen and oxygen atoms in total. The van der Waals surface area contributed by atoms with Gasteiger partial charge in [-0.25, -0.2) is 0 Å². The first-order valence-electron chi connectivity index (χ1n) is 5.10. The Morgan fingerprint density at radius 2 is 2.25 bits per heavy atom. The molecular formula is C10H13BClNO3. The van der Waals surface area contributed by atoms with E-state index in [9.17, 15) is 0 Å². The van der Waals surface area contributed by atoms with E-state index in [0.29, 0.717) is 13.2 Å². The number of benzene rings is 1. The molecule has 2 aliphatic rings. The SMILES string of the molecule is CN[C@H]1OB2OCCOc3cccc1c32.Cl. The predicted molar refractivity (Wildman–Crippen MR) is 63.4 cm³/mol. The van der Waals surface area contributed by atoms with Crippen LogP contribution in [0.5, 0.6) is 5.75 Å². The molecule has 3 rings (SSSR count). The molecule has 0 bridgehead atoms. The smallest absolute Gasteiger partial charge is 0.492 e. The van der Waals surface area contributed by atoms with Gasteiger partial charge in [-0.3, -0.25) is 5.32 Å². The molecule has 1 N–H and O–H groups in total. The van der Waals surface area contributed by atoms with Crippen LogP contribution in [-0.2, 0) is 9.31 Å². The van der Waals surface area contributed by atoms with Crippen LogP contribution >= 0.6 is 12.4 Å². The molecule has 2 heterocycles. The maximum atomic E-state index is 5.73. The highest BCUT2D eigenvalue weighted by Crippen LogP contribution is 2.27. The van der Waals surface area contributed by atoms with E-state index in [0.717, 1.165) is 16.8 Å². The first-order valence-corrected chi connectivity index (χ1v) is 5.10. The summed E-state index contributed by atoms with van der Waals surface area (Å²) in [5.41, 5.74) is 2.15. The summed E-state index contributed by atoms with van der Waals surface area (Å²) in [5, 5.41) is 3.10. The Hall–Kier alpha value is -0.745. The van der Waals surface area contributed by atoms with Gasteiger partial charge in [0.15, 0.2) is 0 Å². The fraction of sp³-hybridized carbons (Fsp3) is 0.400. The fourth-order valence-electron chi connectivity index (χ4n) is 2.09. The van der Waals surface area contributed by atoms with Crippen molar-refractivity contribution < 1.29 is 14.0 Å². The minimum absolute atomic E-state index is 0. The summed E-state index contributed by atoms with van der Waals surface area (Å²) in [6.45, 7) is 1.15. The van der Waals surface area contributed by atoms with Crippen LogP contribution in [0.25, 0.3) is 0 Å². The summed E-state index contributed by atoms with van der Waals surface area (Å²) in [7, 11) is 1.59. The van der Waals surface area contributed by atoms with Crippen LogP contribution in [0.1, 0.15) is 11.8 Å². The summed E-state index contributed by atoms with van der Waals surface area (Å²) in [6.07, 6.45) is -0.0911. The Morgan fingerprint density at radius 3 is 3.06 bits per heavy atom. The van der Waals surface area contributed by atoms with Crippen molar-refractivity contribution in [1.82, 2.24) is 5.32 Å². The van der Waals surface area contributed by atoms with Gasteiger partial charge in [0.1, 0.15) is 18.6 Å². The van der Waals surface area contributed by atoms with Crippen molar-refractivity contribution in [2.24, 2.45) is 0 Å². The largest absolute Gasteiger partial charge is 0.499 e. The highest BCUT2D eigenvalue weighted by Gasteiger charge is 2.40. The lowest BCUT2D eigenvalue weighted by molar-refractivity contribution is 0.128. The van der Waals surface area contributed by atoms with E-state index in [1.165, 1.54) is 0 Å². The van der Waals surface area contributed by atoms with Gasteiger partial charge in [-0.15, -0.1) is 12.4 Å². The Morgan fingerprint density at radius 1 is 1.38 bits per heavy atom. The molecule has 0 saturated heterocycles. The first kappa shape index (κ1) is 11.7. The van der Waals surface area contributed by atoms with Crippen molar-refractivity contribution >= 4 is 25.0 Å². The van der Waals surface area contributed by atoms with Crippen LogP contribution in [0.4, 0.5) is 0 Å². The van der Waals surface area contributed by atoms with Crippen LogP contribution in [0.3, 0.4) is 0 Å². The summed E-state index contributed by atoms with van der Waals surface area (Å²) in [5.74, 6) is 0.882. The molecule has 0 aromatic heterocycles. The van der Waals surface area contributed by atoms with E-state index < -0.39 is 0 Å². The molecule has 0 unspecified atom stereocenters. The van der Waals surface area contributed by atoms with Gasteiger partial charge in [0, 0.05) is 5.46 Å². The van der Waals surface area contributed by atoms with Gasteiger partial charge >= 0.3 is 7.12 Å². The standard InChI is InChI=1S/C10H12BNO3.ClH/c1-12-10-7-3-2-4-8-9(7)11(15-10)14-6-5-13-8;/h2-4,10,12H,5-6H2,1H3;1H/t10-;/m0./s1. The van der Waals surface area contributed by atoms with E-state index in [1.807, 2.05) is 25.2 Å². The average Bonchev–Trinajstić information content (AvgIpc) is 2.50.